The van der Waals surface area contributed by atoms with Crippen molar-refractivity contribution in [1.29, 1.82) is 0 Å². The fourth-order valence-corrected chi connectivity index (χ4v) is 6.11. The number of phosphoric ester groups is 1. The van der Waals surface area contributed by atoms with Gasteiger partial charge in [0.25, 0.3) is 0 Å². The number of phosphoric acid groups is 1. The number of carboxylic acids is 1. The third-order valence-electron chi connectivity index (χ3n) is 8.72. The normalized spacial score (nSPS) is 14.4. The van der Waals surface area contributed by atoms with Crippen molar-refractivity contribution in [2.75, 3.05) is 19.8 Å². The molecule has 4 N–H and O–H groups in total. The maximum absolute atomic E-state index is 12.6. The Morgan fingerprint density at radius 3 is 1.52 bits per heavy atom. The number of nitrogens with two attached hydrogens (primary N) is 1. The van der Waals surface area contributed by atoms with Crippen molar-refractivity contribution in [1.82, 2.24) is 0 Å². The van der Waals surface area contributed by atoms with Gasteiger partial charge >= 0.3 is 25.7 Å². The van der Waals surface area contributed by atoms with Crippen molar-refractivity contribution in [2.24, 2.45) is 5.73 Å². The lowest BCUT2D eigenvalue weighted by atomic mass is 10.1. The van der Waals surface area contributed by atoms with Gasteiger partial charge in [0.05, 0.1) is 13.2 Å². The van der Waals surface area contributed by atoms with E-state index in [-0.39, 0.29) is 19.4 Å². The van der Waals surface area contributed by atoms with E-state index in [1.807, 2.05) is 0 Å². The molecule has 0 radical (unpaired) electrons. The van der Waals surface area contributed by atoms with Gasteiger partial charge in [-0.1, -0.05) is 145 Å². The highest BCUT2D eigenvalue weighted by molar-refractivity contribution is 7.47. The highest BCUT2D eigenvalue weighted by atomic mass is 31.2. The lowest BCUT2D eigenvalue weighted by molar-refractivity contribution is -0.161. The molecule has 3 atom stereocenters. The van der Waals surface area contributed by atoms with Crippen LogP contribution in [0.15, 0.2) is 60.8 Å². The van der Waals surface area contributed by atoms with Gasteiger partial charge in [0.2, 0.25) is 0 Å². The number of carboxylic acid groups (broad SMARTS) is 1. The van der Waals surface area contributed by atoms with Crippen molar-refractivity contribution in [3.05, 3.63) is 60.8 Å². The van der Waals surface area contributed by atoms with Gasteiger partial charge in [-0.15, -0.1) is 0 Å². The van der Waals surface area contributed by atoms with E-state index >= 15 is 0 Å². The first kappa shape index (κ1) is 53.2. The Labute approximate surface area is 338 Å². The molecule has 0 aliphatic heterocycles. The number of hydrogen-bond donors (Lipinski definition) is 3. The molecule has 0 heterocycles. The Morgan fingerprint density at radius 2 is 0.982 bits per heavy atom. The van der Waals surface area contributed by atoms with E-state index in [1.54, 1.807) is 0 Å². The highest BCUT2D eigenvalue weighted by Gasteiger charge is 2.28. The number of carbonyl (C=O) groups excluding carboxylic acids is 2. The second kappa shape index (κ2) is 39.0. The lowest BCUT2D eigenvalue weighted by Gasteiger charge is -2.20. The molecule has 11 nitrogen and oxygen atoms in total. The van der Waals surface area contributed by atoms with E-state index < -0.39 is 51.1 Å². The van der Waals surface area contributed by atoms with Crippen LogP contribution in [0, 0.1) is 0 Å². The predicted molar refractivity (Wildman–Crippen MR) is 226 cm³/mol. The summed E-state index contributed by atoms with van der Waals surface area (Å²) in [7, 11) is -4.72. The molecule has 0 amide bonds. The molecule has 0 aliphatic rings. The number of unbranched alkanes of at least 4 members (excludes halogenated alkanes) is 15. The molecule has 0 fully saturated rings. The van der Waals surface area contributed by atoms with Crippen molar-refractivity contribution >= 4 is 25.7 Å². The topological polar surface area (TPSA) is 172 Å². The van der Waals surface area contributed by atoms with Gasteiger partial charge in [0.1, 0.15) is 12.6 Å². The third kappa shape index (κ3) is 38.1. The van der Waals surface area contributed by atoms with Crippen LogP contribution in [0.1, 0.15) is 168 Å². The molecule has 0 spiro atoms. The summed E-state index contributed by atoms with van der Waals surface area (Å²) < 4.78 is 32.6. The quantitative estimate of drug-likeness (QED) is 0.0233. The lowest BCUT2D eigenvalue weighted by Crippen LogP contribution is -2.34. The van der Waals surface area contributed by atoms with Gasteiger partial charge in [-0.2, -0.15) is 0 Å². The third-order valence-corrected chi connectivity index (χ3v) is 9.67. The first-order chi connectivity index (χ1) is 27.1. The Morgan fingerprint density at radius 1 is 0.554 bits per heavy atom. The largest absolute Gasteiger partial charge is 0.480 e. The smallest absolute Gasteiger partial charge is 0.472 e. The zero-order valence-electron chi connectivity index (χ0n) is 34.7. The molecule has 0 aromatic heterocycles. The molecule has 0 aliphatic carbocycles. The number of esters is 2. The molecule has 56 heavy (non-hydrogen) atoms. The Kier molecular flexibility index (Phi) is 37.1. The van der Waals surface area contributed by atoms with Crippen LogP contribution in [0.4, 0.5) is 0 Å². The molecule has 1 unspecified atom stereocenters. The highest BCUT2D eigenvalue weighted by Crippen LogP contribution is 2.43. The van der Waals surface area contributed by atoms with Gasteiger partial charge < -0.3 is 25.2 Å². The summed E-state index contributed by atoms with van der Waals surface area (Å²) in [5, 5.41) is 8.88. The average Bonchev–Trinajstić information content (AvgIpc) is 3.17. The minimum atomic E-state index is -4.72. The van der Waals surface area contributed by atoms with Crippen molar-refractivity contribution in [3.8, 4) is 0 Å². The zero-order valence-corrected chi connectivity index (χ0v) is 35.6. The summed E-state index contributed by atoms with van der Waals surface area (Å²) in [5.41, 5.74) is 5.33. The van der Waals surface area contributed by atoms with Gasteiger partial charge in [0, 0.05) is 12.8 Å². The Balaban J connectivity index is 4.44. The minimum absolute atomic E-state index is 0.149. The van der Waals surface area contributed by atoms with Gasteiger partial charge in [-0.05, 0) is 70.6 Å². The van der Waals surface area contributed by atoms with Gasteiger partial charge in [0.15, 0.2) is 6.10 Å². The molecule has 0 bridgehead atoms. The number of aliphatic carboxylic acids is 1. The van der Waals surface area contributed by atoms with Crippen LogP contribution in [0.3, 0.4) is 0 Å². The molecular weight excluding hydrogens is 733 g/mol. The molecule has 0 saturated carbocycles. The molecule has 0 aromatic rings. The maximum Gasteiger partial charge on any atom is 0.472 e. The number of ether oxygens (including phenoxy) is 2. The first-order valence-electron chi connectivity index (χ1n) is 21.3. The average molecular weight is 810 g/mol. The maximum atomic E-state index is 12.6. The summed E-state index contributed by atoms with van der Waals surface area (Å²) in [5.74, 6) is -2.43. The monoisotopic (exact) mass is 810 g/mol. The number of carbonyl (C=O) groups is 3. The van der Waals surface area contributed by atoms with E-state index in [0.29, 0.717) is 12.8 Å². The van der Waals surface area contributed by atoms with E-state index in [1.165, 1.54) is 57.8 Å². The van der Waals surface area contributed by atoms with Gasteiger partial charge in [-0.3, -0.25) is 23.4 Å². The summed E-state index contributed by atoms with van der Waals surface area (Å²) >= 11 is 0. The van der Waals surface area contributed by atoms with E-state index in [9.17, 15) is 23.8 Å². The molecule has 12 heteroatoms. The summed E-state index contributed by atoms with van der Waals surface area (Å²) in [6, 6.07) is -1.53. The molecular formula is C44H76NO10P. The Hall–Kier alpha value is -2.82. The number of rotatable bonds is 39. The van der Waals surface area contributed by atoms with Crippen LogP contribution in [-0.4, -0.2) is 59.9 Å². The van der Waals surface area contributed by atoms with E-state index in [2.05, 4.69) is 79.1 Å². The van der Waals surface area contributed by atoms with Crippen LogP contribution < -0.4 is 5.73 Å². The van der Waals surface area contributed by atoms with Crippen molar-refractivity contribution in [2.45, 2.75) is 180 Å². The minimum Gasteiger partial charge on any atom is -0.480 e. The first-order valence-corrected chi connectivity index (χ1v) is 22.8. The summed E-state index contributed by atoms with van der Waals surface area (Å²) in [6.45, 7) is 2.66. The van der Waals surface area contributed by atoms with Crippen LogP contribution in [-0.2, 0) is 37.5 Å². The zero-order chi connectivity index (χ0) is 41.4. The Bertz CT molecular complexity index is 1180. The molecule has 322 valence electrons. The fraction of sp³-hybridized carbons (Fsp3) is 0.705. The fourth-order valence-electron chi connectivity index (χ4n) is 5.33. The second-order valence-electron chi connectivity index (χ2n) is 14.1. The number of allylic oxidation sites excluding steroid dienone is 10. The van der Waals surface area contributed by atoms with Gasteiger partial charge in [-0.25, -0.2) is 4.57 Å². The van der Waals surface area contributed by atoms with Crippen LogP contribution >= 0.6 is 7.82 Å². The SMILES string of the molecule is CCC/C=C/C/C=C/C/C=C/C/C=C/CCCCCC(=O)OC[C@H](COP(=O)(O)OC[C@H](N)C(=O)O)OC(=O)CCCCCCCCCCC/C=C/CCCC. The predicted octanol–water partition coefficient (Wildman–Crippen LogP) is 11.2. The second-order valence-corrected chi connectivity index (χ2v) is 15.6. The summed E-state index contributed by atoms with van der Waals surface area (Å²) in [6.07, 6.45) is 44.2. The van der Waals surface area contributed by atoms with Crippen molar-refractivity contribution in [3.63, 3.8) is 0 Å². The van der Waals surface area contributed by atoms with E-state index in [4.69, 9.17) is 24.8 Å². The van der Waals surface area contributed by atoms with Crippen LogP contribution in [0.5, 0.6) is 0 Å². The standard InChI is InChI=1S/C44H76NO10P/c1-3-5-7-9-11-13-15-17-19-20-22-23-25-27-29-31-33-35-42(46)52-37-40(38-53-56(50,51)54-39-41(45)44(48)49)55-43(47)36-34-32-30-28-26-24-21-18-16-14-12-10-8-6-4-2/h7,9-10,12-13,15,19-20,23,25,40-41H,3-6,8,11,14,16-18,21-22,24,26-39,45H2,1-2H3,(H,48,49)(H,50,51)/b9-7+,12-10+,15-13+,20-19+,25-23+/t40-,41+/m1/s1. The van der Waals surface area contributed by atoms with Crippen LogP contribution in [0.25, 0.3) is 0 Å². The van der Waals surface area contributed by atoms with Crippen molar-refractivity contribution < 1.29 is 47.5 Å². The van der Waals surface area contributed by atoms with E-state index in [0.717, 1.165) is 70.6 Å². The molecule has 0 rings (SSSR count). The number of hydrogen-bond acceptors (Lipinski definition) is 9. The molecule has 0 saturated heterocycles. The summed E-state index contributed by atoms with van der Waals surface area (Å²) in [4.78, 5) is 45.9. The van der Waals surface area contributed by atoms with Crippen LogP contribution in [0.2, 0.25) is 0 Å². The molecule has 0 aromatic carbocycles.